The summed E-state index contributed by atoms with van der Waals surface area (Å²) in [6, 6.07) is 8.47. The molecule has 0 bridgehead atoms. The molecular formula is C11H18N2O. The van der Waals surface area contributed by atoms with E-state index in [1.807, 2.05) is 7.05 Å². The summed E-state index contributed by atoms with van der Waals surface area (Å²) in [5.74, 6) is 0. The van der Waals surface area contributed by atoms with E-state index in [9.17, 15) is 0 Å². The first kappa shape index (κ1) is 11.2. The average Bonchev–Trinajstić information content (AvgIpc) is 2.21. The van der Waals surface area contributed by atoms with Crippen molar-refractivity contribution in [3.05, 3.63) is 35.4 Å². The van der Waals surface area contributed by atoms with Gasteiger partial charge in [0.1, 0.15) is 0 Å². The Morgan fingerprint density at radius 3 is 2.36 bits per heavy atom. The third kappa shape index (κ3) is 2.54. The van der Waals surface area contributed by atoms with E-state index >= 15 is 0 Å². The van der Waals surface area contributed by atoms with Crippen LogP contribution in [0.25, 0.3) is 0 Å². The van der Waals surface area contributed by atoms with Gasteiger partial charge in [-0.05, 0) is 12.5 Å². The van der Waals surface area contributed by atoms with Gasteiger partial charge in [0.15, 0.2) is 0 Å². The summed E-state index contributed by atoms with van der Waals surface area (Å²) in [4.78, 5) is 5.14. The Bertz CT molecular complexity index is 271. The molecule has 0 aliphatic carbocycles. The second kappa shape index (κ2) is 5.10. The quantitative estimate of drug-likeness (QED) is 0.738. The van der Waals surface area contributed by atoms with E-state index in [4.69, 9.17) is 10.6 Å². The Hall–Kier alpha value is -0.900. The van der Waals surface area contributed by atoms with Gasteiger partial charge in [0.05, 0.1) is 13.2 Å². The van der Waals surface area contributed by atoms with Gasteiger partial charge < -0.3 is 10.6 Å². The molecule has 0 aliphatic heterocycles. The summed E-state index contributed by atoms with van der Waals surface area (Å²) in [7, 11) is 3.54. The lowest BCUT2D eigenvalue weighted by Crippen LogP contribution is -2.29. The van der Waals surface area contributed by atoms with Gasteiger partial charge in [-0.1, -0.05) is 29.8 Å². The SMILES string of the molecule is CON(C)C(CN)c1ccc(C)cc1. The number of nitrogens with two attached hydrogens (primary N) is 1. The first-order chi connectivity index (χ1) is 6.69. The first-order valence-electron chi connectivity index (χ1n) is 4.72. The third-order valence-corrected chi connectivity index (χ3v) is 2.41. The zero-order valence-electron chi connectivity index (χ0n) is 9.03. The summed E-state index contributed by atoms with van der Waals surface area (Å²) in [5.41, 5.74) is 8.13. The van der Waals surface area contributed by atoms with E-state index in [2.05, 4.69) is 31.2 Å². The Morgan fingerprint density at radius 2 is 1.93 bits per heavy atom. The Balaban J connectivity index is 2.84. The summed E-state index contributed by atoms with van der Waals surface area (Å²) in [6.45, 7) is 2.62. The van der Waals surface area contributed by atoms with Gasteiger partial charge in [-0.15, -0.1) is 0 Å². The molecule has 1 aromatic carbocycles. The molecule has 0 amide bonds. The Labute approximate surface area is 85.4 Å². The number of hydrogen-bond acceptors (Lipinski definition) is 3. The van der Waals surface area contributed by atoms with Crippen molar-refractivity contribution in [1.29, 1.82) is 0 Å². The number of hydrogen-bond donors (Lipinski definition) is 1. The topological polar surface area (TPSA) is 38.5 Å². The van der Waals surface area contributed by atoms with Gasteiger partial charge in [-0.3, -0.25) is 0 Å². The average molecular weight is 194 g/mol. The van der Waals surface area contributed by atoms with E-state index in [-0.39, 0.29) is 6.04 Å². The Morgan fingerprint density at radius 1 is 1.36 bits per heavy atom. The molecule has 78 valence electrons. The third-order valence-electron chi connectivity index (χ3n) is 2.41. The maximum atomic E-state index is 5.70. The van der Waals surface area contributed by atoms with Crippen LogP contribution in [-0.2, 0) is 4.84 Å². The number of aryl methyl sites for hydroxylation is 1. The van der Waals surface area contributed by atoms with Crippen LogP contribution in [0.3, 0.4) is 0 Å². The molecule has 3 nitrogen and oxygen atoms in total. The van der Waals surface area contributed by atoms with Crippen LogP contribution in [0.5, 0.6) is 0 Å². The molecule has 1 unspecified atom stereocenters. The van der Waals surface area contributed by atoms with Gasteiger partial charge in [-0.25, -0.2) is 0 Å². The number of nitrogens with zero attached hydrogens (tertiary/aromatic N) is 1. The maximum absolute atomic E-state index is 5.70. The van der Waals surface area contributed by atoms with Crippen molar-refractivity contribution in [3.63, 3.8) is 0 Å². The molecule has 0 aromatic heterocycles. The molecule has 14 heavy (non-hydrogen) atoms. The summed E-state index contributed by atoms with van der Waals surface area (Å²) in [6.07, 6.45) is 0. The largest absolute Gasteiger partial charge is 0.329 e. The highest BCUT2D eigenvalue weighted by Crippen LogP contribution is 2.18. The number of hydroxylamine groups is 2. The monoisotopic (exact) mass is 194 g/mol. The van der Waals surface area contributed by atoms with E-state index in [1.54, 1.807) is 12.2 Å². The van der Waals surface area contributed by atoms with Crippen LogP contribution in [0.15, 0.2) is 24.3 Å². The summed E-state index contributed by atoms with van der Waals surface area (Å²) < 4.78 is 0. The molecule has 1 aromatic rings. The molecule has 0 fully saturated rings. The van der Waals surface area contributed by atoms with E-state index < -0.39 is 0 Å². The van der Waals surface area contributed by atoms with Gasteiger partial charge in [0.25, 0.3) is 0 Å². The number of benzene rings is 1. The van der Waals surface area contributed by atoms with E-state index in [0.29, 0.717) is 6.54 Å². The standard InChI is InChI=1S/C11H18N2O/c1-9-4-6-10(7-5-9)11(8-12)13(2)14-3/h4-7,11H,8,12H2,1-3H3. The van der Waals surface area contributed by atoms with Crippen molar-refractivity contribution >= 4 is 0 Å². The van der Waals surface area contributed by atoms with Crippen LogP contribution >= 0.6 is 0 Å². The van der Waals surface area contributed by atoms with Crippen molar-refractivity contribution in [2.75, 3.05) is 20.7 Å². The van der Waals surface area contributed by atoms with Crippen LogP contribution < -0.4 is 5.73 Å². The predicted octanol–water partition coefficient (Wildman–Crippen LogP) is 1.49. The zero-order chi connectivity index (χ0) is 10.6. The molecule has 3 heteroatoms. The normalized spacial score (nSPS) is 13.2. The van der Waals surface area contributed by atoms with Gasteiger partial charge >= 0.3 is 0 Å². The molecule has 0 radical (unpaired) electrons. The lowest BCUT2D eigenvalue weighted by Gasteiger charge is -2.24. The highest BCUT2D eigenvalue weighted by atomic mass is 16.7. The van der Waals surface area contributed by atoms with Crippen LogP contribution in [-0.4, -0.2) is 25.8 Å². The molecule has 1 rings (SSSR count). The molecule has 2 N–H and O–H groups in total. The smallest absolute Gasteiger partial charge is 0.0721 e. The predicted molar refractivity (Wildman–Crippen MR) is 57.7 cm³/mol. The molecule has 0 spiro atoms. The van der Waals surface area contributed by atoms with Crippen LogP contribution in [0.2, 0.25) is 0 Å². The summed E-state index contributed by atoms with van der Waals surface area (Å²) in [5, 5.41) is 1.77. The van der Waals surface area contributed by atoms with Crippen LogP contribution in [0, 0.1) is 6.92 Å². The molecule has 0 saturated heterocycles. The van der Waals surface area contributed by atoms with Crippen molar-refractivity contribution in [2.24, 2.45) is 5.73 Å². The van der Waals surface area contributed by atoms with Crippen molar-refractivity contribution in [1.82, 2.24) is 5.06 Å². The number of rotatable bonds is 4. The molecule has 0 saturated carbocycles. The second-order valence-electron chi connectivity index (χ2n) is 3.39. The molecular weight excluding hydrogens is 176 g/mol. The van der Waals surface area contributed by atoms with Gasteiger partial charge in [-0.2, -0.15) is 5.06 Å². The van der Waals surface area contributed by atoms with Crippen LogP contribution in [0.1, 0.15) is 17.2 Å². The van der Waals surface area contributed by atoms with Gasteiger partial charge in [0.2, 0.25) is 0 Å². The maximum Gasteiger partial charge on any atom is 0.0721 e. The fraction of sp³-hybridized carbons (Fsp3) is 0.455. The van der Waals surface area contributed by atoms with Gasteiger partial charge in [0, 0.05) is 13.6 Å². The minimum absolute atomic E-state index is 0.126. The zero-order valence-corrected chi connectivity index (χ0v) is 9.03. The fourth-order valence-corrected chi connectivity index (χ4v) is 1.41. The number of likely N-dealkylation sites (N-methyl/N-ethyl adjacent to an activating group) is 1. The summed E-state index contributed by atoms with van der Waals surface area (Å²) >= 11 is 0. The van der Waals surface area contributed by atoms with Crippen molar-refractivity contribution < 1.29 is 4.84 Å². The van der Waals surface area contributed by atoms with Crippen molar-refractivity contribution in [2.45, 2.75) is 13.0 Å². The van der Waals surface area contributed by atoms with E-state index in [0.717, 1.165) is 0 Å². The highest BCUT2D eigenvalue weighted by Gasteiger charge is 2.14. The lowest BCUT2D eigenvalue weighted by molar-refractivity contribution is -0.140. The lowest BCUT2D eigenvalue weighted by atomic mass is 10.1. The Kier molecular flexibility index (Phi) is 4.07. The second-order valence-corrected chi connectivity index (χ2v) is 3.39. The van der Waals surface area contributed by atoms with E-state index in [1.165, 1.54) is 11.1 Å². The molecule has 1 atom stereocenters. The molecule has 0 aliphatic rings. The van der Waals surface area contributed by atoms with Crippen LogP contribution in [0.4, 0.5) is 0 Å². The minimum Gasteiger partial charge on any atom is -0.329 e. The molecule has 0 heterocycles. The minimum atomic E-state index is 0.126. The van der Waals surface area contributed by atoms with Crippen molar-refractivity contribution in [3.8, 4) is 0 Å². The fourth-order valence-electron chi connectivity index (χ4n) is 1.41. The highest BCUT2D eigenvalue weighted by molar-refractivity contribution is 5.24. The first-order valence-corrected chi connectivity index (χ1v) is 4.72.